The van der Waals surface area contributed by atoms with Crippen LogP contribution in [0.25, 0.3) is 0 Å². The summed E-state index contributed by atoms with van der Waals surface area (Å²) in [6.45, 7) is 3.23. The highest BCUT2D eigenvalue weighted by atomic mass is 32.1. The van der Waals surface area contributed by atoms with Crippen molar-refractivity contribution in [3.63, 3.8) is 0 Å². The number of benzene rings is 1. The Morgan fingerprint density at radius 3 is 2.77 bits per heavy atom. The molecule has 4 rings (SSSR count). The highest BCUT2D eigenvalue weighted by Gasteiger charge is 2.33. The average molecular weight is 384 g/mol. The first kappa shape index (κ1) is 17.3. The minimum Gasteiger partial charge on any atom is -0.493 e. The van der Waals surface area contributed by atoms with E-state index in [-0.39, 0.29) is 11.9 Å². The maximum absolute atomic E-state index is 12.9. The summed E-state index contributed by atoms with van der Waals surface area (Å²) < 4.78 is 5.76. The molecule has 0 radical (unpaired) electrons. The van der Waals surface area contributed by atoms with Crippen LogP contribution in [0.5, 0.6) is 5.75 Å². The number of fused-ring (bicyclic) bond motifs is 1. The number of thiophene rings is 2. The molecule has 2 aromatic heterocycles. The van der Waals surface area contributed by atoms with Gasteiger partial charge in [-0.05, 0) is 53.9 Å². The maximum Gasteiger partial charge on any atom is 0.226 e. The van der Waals surface area contributed by atoms with E-state index in [9.17, 15) is 4.79 Å². The molecule has 0 unspecified atom stereocenters. The SMILES string of the molecule is Cc1ccc(OCCC(=O)N2CCc3sccc3[C@@H]2c2cccs2)cc1. The molecule has 3 heterocycles. The largest absolute Gasteiger partial charge is 0.493 e. The Balaban J connectivity index is 1.45. The number of ether oxygens (including phenoxy) is 1. The maximum atomic E-state index is 12.9. The number of hydrogen-bond acceptors (Lipinski definition) is 4. The predicted molar refractivity (Wildman–Crippen MR) is 107 cm³/mol. The predicted octanol–water partition coefficient (Wildman–Crippen LogP) is 5.06. The highest BCUT2D eigenvalue weighted by molar-refractivity contribution is 7.10. The molecule has 0 bridgehead atoms. The van der Waals surface area contributed by atoms with Gasteiger partial charge < -0.3 is 9.64 Å². The minimum atomic E-state index is 0.0527. The fraction of sp³-hybridized carbons (Fsp3) is 0.286. The summed E-state index contributed by atoms with van der Waals surface area (Å²) in [5.41, 5.74) is 2.49. The van der Waals surface area contributed by atoms with Crippen molar-refractivity contribution >= 4 is 28.6 Å². The van der Waals surface area contributed by atoms with Crippen LogP contribution in [-0.4, -0.2) is 24.0 Å². The molecule has 0 N–H and O–H groups in total. The van der Waals surface area contributed by atoms with Gasteiger partial charge in [-0.2, -0.15) is 0 Å². The summed E-state index contributed by atoms with van der Waals surface area (Å²) in [5.74, 6) is 0.976. The Hall–Kier alpha value is -2.11. The Labute approximate surface area is 161 Å². The van der Waals surface area contributed by atoms with Gasteiger partial charge in [0.15, 0.2) is 0 Å². The molecule has 0 aliphatic carbocycles. The molecule has 134 valence electrons. The Bertz CT molecular complexity index is 868. The average Bonchev–Trinajstić information content (AvgIpc) is 3.34. The molecular weight excluding hydrogens is 362 g/mol. The number of carbonyl (C=O) groups excluding carboxylic acids is 1. The van der Waals surface area contributed by atoms with Crippen molar-refractivity contribution in [2.75, 3.05) is 13.2 Å². The zero-order chi connectivity index (χ0) is 17.9. The van der Waals surface area contributed by atoms with Gasteiger partial charge in [-0.1, -0.05) is 23.8 Å². The van der Waals surface area contributed by atoms with E-state index in [1.807, 2.05) is 36.1 Å². The number of carbonyl (C=O) groups is 1. The summed E-state index contributed by atoms with van der Waals surface area (Å²) >= 11 is 3.52. The molecule has 5 heteroatoms. The van der Waals surface area contributed by atoms with Crippen LogP contribution in [0.3, 0.4) is 0 Å². The molecule has 1 amide bonds. The Morgan fingerprint density at radius 2 is 2.00 bits per heavy atom. The number of aryl methyl sites for hydroxylation is 1. The van der Waals surface area contributed by atoms with Gasteiger partial charge in [-0.25, -0.2) is 0 Å². The summed E-state index contributed by atoms with van der Waals surface area (Å²) in [4.78, 5) is 17.6. The molecule has 1 aromatic carbocycles. The topological polar surface area (TPSA) is 29.5 Å². The van der Waals surface area contributed by atoms with E-state index in [1.54, 1.807) is 22.7 Å². The Kier molecular flexibility index (Phi) is 5.09. The number of amides is 1. The summed E-state index contributed by atoms with van der Waals surface area (Å²) in [7, 11) is 0. The highest BCUT2D eigenvalue weighted by Crippen LogP contribution is 2.39. The zero-order valence-corrected chi connectivity index (χ0v) is 16.3. The van der Waals surface area contributed by atoms with Crippen molar-refractivity contribution in [3.8, 4) is 5.75 Å². The van der Waals surface area contributed by atoms with Crippen LogP contribution in [0, 0.1) is 6.92 Å². The molecule has 1 aliphatic rings. The number of rotatable bonds is 5. The lowest BCUT2D eigenvalue weighted by Gasteiger charge is -2.35. The quantitative estimate of drug-likeness (QED) is 0.616. The van der Waals surface area contributed by atoms with Crippen molar-refractivity contribution in [1.29, 1.82) is 0 Å². The first-order valence-electron chi connectivity index (χ1n) is 8.81. The van der Waals surface area contributed by atoms with Gasteiger partial charge in [0, 0.05) is 16.3 Å². The van der Waals surface area contributed by atoms with Crippen LogP contribution < -0.4 is 4.74 Å². The lowest BCUT2D eigenvalue weighted by atomic mass is 9.98. The second-order valence-corrected chi connectivity index (χ2v) is 8.45. The van der Waals surface area contributed by atoms with Crippen LogP contribution in [0.2, 0.25) is 0 Å². The lowest BCUT2D eigenvalue weighted by molar-refractivity contribution is -0.133. The monoisotopic (exact) mass is 383 g/mol. The second-order valence-electron chi connectivity index (χ2n) is 6.47. The zero-order valence-electron chi connectivity index (χ0n) is 14.7. The smallest absolute Gasteiger partial charge is 0.226 e. The van der Waals surface area contributed by atoms with Crippen LogP contribution in [0.1, 0.15) is 33.3 Å². The third-order valence-corrected chi connectivity index (χ3v) is 6.63. The fourth-order valence-electron chi connectivity index (χ4n) is 3.37. The summed E-state index contributed by atoms with van der Waals surface area (Å²) in [5, 5.41) is 4.22. The van der Waals surface area contributed by atoms with Crippen LogP contribution >= 0.6 is 22.7 Å². The second kappa shape index (κ2) is 7.64. The summed E-state index contributed by atoms with van der Waals surface area (Å²) in [6.07, 6.45) is 1.34. The molecule has 3 nitrogen and oxygen atoms in total. The van der Waals surface area contributed by atoms with Gasteiger partial charge in [0.2, 0.25) is 5.91 Å². The third-order valence-electron chi connectivity index (χ3n) is 4.70. The van der Waals surface area contributed by atoms with E-state index < -0.39 is 0 Å². The van der Waals surface area contributed by atoms with Crippen molar-refractivity contribution in [2.24, 2.45) is 0 Å². The molecule has 0 saturated heterocycles. The normalized spacial score (nSPS) is 16.3. The van der Waals surface area contributed by atoms with Gasteiger partial charge in [0.05, 0.1) is 19.1 Å². The van der Waals surface area contributed by atoms with Crippen LogP contribution in [-0.2, 0) is 11.2 Å². The van der Waals surface area contributed by atoms with Gasteiger partial charge >= 0.3 is 0 Å². The molecule has 1 aliphatic heterocycles. The molecule has 26 heavy (non-hydrogen) atoms. The standard InChI is InChI=1S/C21H21NO2S2/c1-15-4-6-16(7-5-15)24-12-9-20(23)22-11-8-18-17(10-14-26-18)21(22)19-3-2-13-25-19/h2-7,10,13-14,21H,8-9,11-12H2,1H3/t21-/m1/s1. The van der Waals surface area contributed by atoms with Crippen molar-refractivity contribution < 1.29 is 9.53 Å². The van der Waals surface area contributed by atoms with Gasteiger partial charge in [-0.15, -0.1) is 22.7 Å². The molecule has 0 saturated carbocycles. The van der Waals surface area contributed by atoms with Gasteiger partial charge in [-0.3, -0.25) is 4.79 Å². The molecule has 0 fully saturated rings. The minimum absolute atomic E-state index is 0.0527. The lowest BCUT2D eigenvalue weighted by Crippen LogP contribution is -2.40. The first-order chi connectivity index (χ1) is 12.7. The van der Waals surface area contributed by atoms with E-state index in [4.69, 9.17) is 4.74 Å². The van der Waals surface area contributed by atoms with E-state index in [2.05, 4.69) is 29.0 Å². The van der Waals surface area contributed by atoms with Crippen molar-refractivity contribution in [2.45, 2.75) is 25.8 Å². The summed E-state index contributed by atoms with van der Waals surface area (Å²) in [6, 6.07) is 14.4. The van der Waals surface area contributed by atoms with Crippen LogP contribution in [0.4, 0.5) is 0 Å². The van der Waals surface area contributed by atoms with Gasteiger partial charge in [0.25, 0.3) is 0 Å². The van der Waals surface area contributed by atoms with Crippen molar-refractivity contribution in [1.82, 2.24) is 4.90 Å². The third kappa shape index (κ3) is 3.55. The number of hydrogen-bond donors (Lipinski definition) is 0. The number of nitrogens with zero attached hydrogens (tertiary/aromatic N) is 1. The fourth-order valence-corrected chi connectivity index (χ4v) is 5.13. The van der Waals surface area contributed by atoms with E-state index in [1.165, 1.54) is 20.9 Å². The Morgan fingerprint density at radius 1 is 1.15 bits per heavy atom. The van der Waals surface area contributed by atoms with Crippen molar-refractivity contribution in [3.05, 3.63) is 74.1 Å². The van der Waals surface area contributed by atoms with E-state index >= 15 is 0 Å². The first-order valence-corrected chi connectivity index (χ1v) is 10.6. The van der Waals surface area contributed by atoms with Gasteiger partial charge in [0.1, 0.15) is 5.75 Å². The molecular formula is C21H21NO2S2. The molecule has 3 aromatic rings. The van der Waals surface area contributed by atoms with E-state index in [0.29, 0.717) is 13.0 Å². The van der Waals surface area contributed by atoms with E-state index in [0.717, 1.165) is 18.7 Å². The van der Waals surface area contributed by atoms with Crippen LogP contribution in [0.15, 0.2) is 53.2 Å². The molecule has 1 atom stereocenters. The molecule has 0 spiro atoms.